The Kier molecular flexibility index (Phi) is 4.90. The Morgan fingerprint density at radius 1 is 1.35 bits per heavy atom. The number of aryl methyl sites for hydroxylation is 1. The first kappa shape index (κ1) is 17.6. The lowest BCUT2D eigenvalue weighted by Gasteiger charge is -2.35. The number of nitrogens with two attached hydrogens (primary N) is 1. The van der Waals surface area contributed by atoms with Crippen molar-refractivity contribution in [3.8, 4) is 0 Å². The lowest BCUT2D eigenvalue weighted by atomic mass is 10.0. The Morgan fingerprint density at radius 3 is 2.52 bits per heavy atom. The van der Waals surface area contributed by atoms with Gasteiger partial charge in [-0.05, 0) is 65.2 Å². The molecule has 1 aromatic rings. The highest BCUT2D eigenvalue weighted by Crippen LogP contribution is 2.31. The predicted octanol–water partition coefficient (Wildman–Crippen LogP) is 3.57. The molecule has 0 bridgehead atoms. The summed E-state index contributed by atoms with van der Waals surface area (Å²) in [7, 11) is 0. The lowest BCUT2D eigenvalue weighted by Crippen LogP contribution is -2.49. The van der Waals surface area contributed by atoms with Crippen molar-refractivity contribution in [2.24, 2.45) is 0 Å². The number of benzene rings is 1. The van der Waals surface area contributed by atoms with Gasteiger partial charge in [0.2, 0.25) is 0 Å². The molecule has 2 rings (SSSR count). The summed E-state index contributed by atoms with van der Waals surface area (Å²) >= 11 is 0. The second-order valence-corrected chi connectivity index (χ2v) is 7.54. The number of anilines is 1. The van der Waals surface area contributed by atoms with Gasteiger partial charge in [0.05, 0.1) is 12.6 Å². The molecule has 0 radical (unpaired) electrons. The molecule has 1 aliphatic rings. The molecule has 1 heterocycles. The van der Waals surface area contributed by atoms with Gasteiger partial charge in [-0.2, -0.15) is 0 Å². The van der Waals surface area contributed by atoms with Crippen LogP contribution in [-0.2, 0) is 15.9 Å². The summed E-state index contributed by atoms with van der Waals surface area (Å²) in [5, 5.41) is 0. The fraction of sp³-hybridized carbons (Fsp3) is 0.611. The molecule has 0 aliphatic carbocycles. The first-order valence-electron chi connectivity index (χ1n) is 8.09. The van der Waals surface area contributed by atoms with E-state index in [2.05, 4.69) is 0 Å². The van der Waals surface area contributed by atoms with Crippen LogP contribution in [0.25, 0.3) is 0 Å². The molecule has 1 fully saturated rings. The van der Waals surface area contributed by atoms with Gasteiger partial charge in [0.25, 0.3) is 0 Å². The molecular weight excluding hydrogens is 292 g/mol. The van der Waals surface area contributed by atoms with Gasteiger partial charge in [-0.1, -0.05) is 12.1 Å². The quantitative estimate of drug-likeness (QED) is 0.865. The molecule has 1 unspecified atom stereocenters. The Labute approximate surface area is 138 Å². The van der Waals surface area contributed by atoms with Crippen LogP contribution >= 0.6 is 0 Å². The zero-order valence-electron chi connectivity index (χ0n) is 14.8. The maximum atomic E-state index is 12.6. The summed E-state index contributed by atoms with van der Waals surface area (Å²) in [6.07, 6.45) is 1.37. The standard InChI is InChI=1S/C18H28N2O3/c1-17(2,3)23-16(21)20-15(12-22-18(20,4)5)11-8-13-6-9-14(19)10-7-13/h6-7,9-10,15H,8,11-12,19H2,1-5H3. The minimum absolute atomic E-state index is 0.0115. The van der Waals surface area contributed by atoms with E-state index in [1.807, 2.05) is 58.9 Å². The molecule has 1 aromatic carbocycles. The molecule has 1 atom stereocenters. The second kappa shape index (κ2) is 6.40. The van der Waals surface area contributed by atoms with E-state index in [1.54, 1.807) is 4.90 Å². The van der Waals surface area contributed by atoms with E-state index in [0.717, 1.165) is 18.5 Å². The van der Waals surface area contributed by atoms with E-state index >= 15 is 0 Å². The van der Waals surface area contributed by atoms with Crippen LogP contribution in [-0.4, -0.2) is 35.0 Å². The fourth-order valence-corrected chi connectivity index (χ4v) is 2.79. The fourth-order valence-electron chi connectivity index (χ4n) is 2.79. The van der Waals surface area contributed by atoms with Crippen molar-refractivity contribution in [1.82, 2.24) is 4.90 Å². The topological polar surface area (TPSA) is 64.8 Å². The van der Waals surface area contributed by atoms with Crippen molar-refractivity contribution in [2.75, 3.05) is 12.3 Å². The molecular formula is C18H28N2O3. The van der Waals surface area contributed by atoms with Gasteiger partial charge in [0.1, 0.15) is 11.3 Å². The summed E-state index contributed by atoms with van der Waals surface area (Å²) in [5.74, 6) is 0. The first-order chi connectivity index (χ1) is 10.6. The monoisotopic (exact) mass is 320 g/mol. The number of hydrogen-bond donors (Lipinski definition) is 1. The normalized spacial score (nSPS) is 20.6. The first-order valence-corrected chi connectivity index (χ1v) is 8.09. The summed E-state index contributed by atoms with van der Waals surface area (Å²) in [5.41, 5.74) is 6.51. The van der Waals surface area contributed by atoms with E-state index in [9.17, 15) is 4.79 Å². The molecule has 5 heteroatoms. The summed E-state index contributed by atoms with van der Waals surface area (Å²) < 4.78 is 11.4. The number of nitrogens with zero attached hydrogens (tertiary/aromatic N) is 1. The minimum atomic E-state index is -0.645. The molecule has 128 valence electrons. The van der Waals surface area contributed by atoms with Crippen LogP contribution in [0.15, 0.2) is 24.3 Å². The van der Waals surface area contributed by atoms with Crippen molar-refractivity contribution in [2.45, 2.75) is 64.8 Å². The number of rotatable bonds is 3. The lowest BCUT2D eigenvalue weighted by molar-refractivity contribution is -0.0626. The molecule has 0 aromatic heterocycles. The van der Waals surface area contributed by atoms with Gasteiger partial charge >= 0.3 is 6.09 Å². The molecule has 0 saturated carbocycles. The molecule has 23 heavy (non-hydrogen) atoms. The van der Waals surface area contributed by atoms with E-state index in [1.165, 1.54) is 5.56 Å². The molecule has 0 spiro atoms. The molecule has 5 nitrogen and oxygen atoms in total. The Bertz CT molecular complexity index is 546. The van der Waals surface area contributed by atoms with Crippen LogP contribution in [0.5, 0.6) is 0 Å². The third-order valence-electron chi connectivity index (χ3n) is 3.91. The Morgan fingerprint density at radius 2 is 1.96 bits per heavy atom. The highest BCUT2D eigenvalue weighted by atomic mass is 16.6. The van der Waals surface area contributed by atoms with Crippen LogP contribution < -0.4 is 5.73 Å². The van der Waals surface area contributed by atoms with Gasteiger partial charge in [0, 0.05) is 5.69 Å². The SMILES string of the molecule is CC(C)(C)OC(=O)N1C(CCc2ccc(N)cc2)COC1(C)C. The van der Waals surface area contributed by atoms with E-state index < -0.39 is 11.3 Å². The van der Waals surface area contributed by atoms with Gasteiger partial charge in [-0.3, -0.25) is 4.90 Å². The number of nitrogen functional groups attached to an aromatic ring is 1. The maximum Gasteiger partial charge on any atom is 0.412 e. The van der Waals surface area contributed by atoms with Crippen LogP contribution in [0.1, 0.15) is 46.6 Å². The van der Waals surface area contributed by atoms with Crippen molar-refractivity contribution in [3.63, 3.8) is 0 Å². The van der Waals surface area contributed by atoms with E-state index in [4.69, 9.17) is 15.2 Å². The van der Waals surface area contributed by atoms with Crippen molar-refractivity contribution < 1.29 is 14.3 Å². The smallest absolute Gasteiger partial charge is 0.412 e. The number of ether oxygens (including phenoxy) is 2. The Balaban J connectivity index is 2.04. The van der Waals surface area contributed by atoms with Gasteiger partial charge < -0.3 is 15.2 Å². The van der Waals surface area contributed by atoms with Crippen LogP contribution in [0.2, 0.25) is 0 Å². The van der Waals surface area contributed by atoms with Crippen LogP contribution in [0.4, 0.5) is 10.5 Å². The van der Waals surface area contributed by atoms with Crippen molar-refractivity contribution in [3.05, 3.63) is 29.8 Å². The number of carbonyl (C=O) groups is 1. The molecule has 1 amide bonds. The summed E-state index contributed by atoms with van der Waals surface area (Å²) in [6.45, 7) is 9.95. The zero-order valence-corrected chi connectivity index (χ0v) is 14.8. The number of amides is 1. The minimum Gasteiger partial charge on any atom is -0.444 e. The predicted molar refractivity (Wildman–Crippen MR) is 91.1 cm³/mol. The van der Waals surface area contributed by atoms with Crippen LogP contribution in [0, 0.1) is 0 Å². The number of carbonyl (C=O) groups excluding carboxylic acids is 1. The number of hydrogen-bond acceptors (Lipinski definition) is 4. The highest BCUT2D eigenvalue weighted by Gasteiger charge is 2.45. The average Bonchev–Trinajstić information content (AvgIpc) is 2.71. The molecule has 1 aliphatic heterocycles. The zero-order chi connectivity index (χ0) is 17.3. The second-order valence-electron chi connectivity index (χ2n) is 7.54. The van der Waals surface area contributed by atoms with Crippen LogP contribution in [0.3, 0.4) is 0 Å². The van der Waals surface area contributed by atoms with Gasteiger partial charge in [-0.15, -0.1) is 0 Å². The largest absolute Gasteiger partial charge is 0.444 e. The third-order valence-corrected chi connectivity index (χ3v) is 3.91. The summed E-state index contributed by atoms with van der Waals surface area (Å²) in [6, 6.07) is 7.85. The van der Waals surface area contributed by atoms with Crippen molar-refractivity contribution in [1.29, 1.82) is 0 Å². The van der Waals surface area contributed by atoms with E-state index in [0.29, 0.717) is 6.61 Å². The van der Waals surface area contributed by atoms with Crippen molar-refractivity contribution >= 4 is 11.8 Å². The molecule has 1 saturated heterocycles. The average molecular weight is 320 g/mol. The van der Waals surface area contributed by atoms with Gasteiger partial charge in [0.15, 0.2) is 0 Å². The third kappa shape index (κ3) is 4.61. The maximum absolute atomic E-state index is 12.6. The Hall–Kier alpha value is -1.75. The van der Waals surface area contributed by atoms with E-state index in [-0.39, 0.29) is 12.1 Å². The highest BCUT2D eigenvalue weighted by molar-refractivity contribution is 5.69. The van der Waals surface area contributed by atoms with Gasteiger partial charge in [-0.25, -0.2) is 4.79 Å². The summed E-state index contributed by atoms with van der Waals surface area (Å²) in [4.78, 5) is 14.3. The molecule has 2 N–H and O–H groups in total.